The molecule has 1 unspecified atom stereocenters. The lowest BCUT2D eigenvalue weighted by molar-refractivity contribution is -0.128. The molecule has 2 aromatic rings. The zero-order valence-electron chi connectivity index (χ0n) is 14.1. The molecule has 2 amide bonds. The number of likely N-dealkylation sites (tertiary alicyclic amines) is 1. The minimum absolute atomic E-state index is 0.0115. The number of carbonyl (C=O) groups excluding carboxylic acids is 2. The van der Waals surface area contributed by atoms with Gasteiger partial charge in [0.25, 0.3) is 0 Å². The number of hydrogen-bond acceptors (Lipinski definition) is 4. The van der Waals surface area contributed by atoms with E-state index in [1.54, 1.807) is 30.2 Å². The average Bonchev–Trinajstić information content (AvgIpc) is 2.98. The van der Waals surface area contributed by atoms with E-state index in [-0.39, 0.29) is 24.2 Å². The molecule has 0 aromatic heterocycles. The van der Waals surface area contributed by atoms with Crippen LogP contribution in [0, 0.1) is 5.92 Å². The largest absolute Gasteiger partial charge is 0.497 e. The van der Waals surface area contributed by atoms with Crippen molar-refractivity contribution in [3.63, 3.8) is 0 Å². The molecule has 3 N–H and O–H groups in total. The second-order valence-electron chi connectivity index (χ2n) is 6.10. The van der Waals surface area contributed by atoms with Gasteiger partial charge in [0.2, 0.25) is 11.8 Å². The van der Waals surface area contributed by atoms with Gasteiger partial charge in [-0.05, 0) is 17.7 Å². The van der Waals surface area contributed by atoms with Gasteiger partial charge in [0.05, 0.1) is 24.4 Å². The quantitative estimate of drug-likeness (QED) is 0.819. The summed E-state index contributed by atoms with van der Waals surface area (Å²) >= 11 is 0. The molecule has 1 atom stereocenters. The van der Waals surface area contributed by atoms with Gasteiger partial charge in [0.1, 0.15) is 5.75 Å². The maximum absolute atomic E-state index is 12.5. The van der Waals surface area contributed by atoms with Crippen LogP contribution >= 0.6 is 0 Å². The molecule has 1 fully saturated rings. The SMILES string of the molecule is COc1ccc(N)c(NC(=O)C2CC(=O)N(Cc3ccccc3)C2)c1. The summed E-state index contributed by atoms with van der Waals surface area (Å²) in [5.41, 5.74) is 7.91. The Labute approximate surface area is 146 Å². The summed E-state index contributed by atoms with van der Waals surface area (Å²) in [6.07, 6.45) is 0.211. The van der Waals surface area contributed by atoms with E-state index >= 15 is 0 Å². The second-order valence-corrected chi connectivity index (χ2v) is 6.10. The number of nitrogen functional groups attached to an aromatic ring is 1. The minimum Gasteiger partial charge on any atom is -0.497 e. The van der Waals surface area contributed by atoms with E-state index in [0.717, 1.165) is 5.56 Å². The molecular weight excluding hydrogens is 318 g/mol. The Kier molecular flexibility index (Phi) is 4.88. The number of benzene rings is 2. The van der Waals surface area contributed by atoms with Crippen molar-refractivity contribution in [2.75, 3.05) is 24.7 Å². The fourth-order valence-corrected chi connectivity index (χ4v) is 2.91. The van der Waals surface area contributed by atoms with Crippen molar-refractivity contribution in [2.24, 2.45) is 5.92 Å². The second kappa shape index (κ2) is 7.25. The first kappa shape index (κ1) is 16.8. The summed E-state index contributed by atoms with van der Waals surface area (Å²) < 4.78 is 5.15. The maximum Gasteiger partial charge on any atom is 0.229 e. The van der Waals surface area contributed by atoms with E-state index < -0.39 is 0 Å². The molecule has 0 saturated carbocycles. The Balaban J connectivity index is 1.65. The molecule has 0 spiro atoms. The lowest BCUT2D eigenvalue weighted by atomic mass is 10.1. The molecule has 0 radical (unpaired) electrons. The Morgan fingerprint density at radius 2 is 2.04 bits per heavy atom. The monoisotopic (exact) mass is 339 g/mol. The Bertz CT molecular complexity index is 777. The van der Waals surface area contributed by atoms with Gasteiger partial charge < -0.3 is 20.7 Å². The topological polar surface area (TPSA) is 84.7 Å². The summed E-state index contributed by atoms with van der Waals surface area (Å²) in [6.45, 7) is 0.925. The fourth-order valence-electron chi connectivity index (χ4n) is 2.91. The molecule has 6 nitrogen and oxygen atoms in total. The van der Waals surface area contributed by atoms with Crippen molar-refractivity contribution in [1.82, 2.24) is 4.90 Å². The van der Waals surface area contributed by atoms with Crippen molar-refractivity contribution in [3.05, 3.63) is 54.1 Å². The number of amides is 2. The first-order valence-corrected chi connectivity index (χ1v) is 8.13. The predicted molar refractivity (Wildman–Crippen MR) is 96.0 cm³/mol. The summed E-state index contributed by atoms with van der Waals surface area (Å²) in [7, 11) is 1.55. The first-order valence-electron chi connectivity index (χ1n) is 8.13. The summed E-state index contributed by atoms with van der Waals surface area (Å²) in [5.74, 6) is 0.00555. The summed E-state index contributed by atoms with van der Waals surface area (Å²) in [6, 6.07) is 14.8. The molecule has 3 rings (SSSR count). The van der Waals surface area contributed by atoms with Gasteiger partial charge in [-0.1, -0.05) is 30.3 Å². The molecule has 1 saturated heterocycles. The number of ether oxygens (including phenoxy) is 1. The van der Waals surface area contributed by atoms with E-state index in [9.17, 15) is 9.59 Å². The van der Waals surface area contributed by atoms with Crippen molar-refractivity contribution >= 4 is 23.2 Å². The average molecular weight is 339 g/mol. The standard InChI is InChI=1S/C19H21N3O3/c1-25-15-7-8-16(20)17(10-15)21-19(24)14-9-18(23)22(12-14)11-13-5-3-2-4-6-13/h2-8,10,14H,9,11-12,20H2,1H3,(H,21,24). The highest BCUT2D eigenvalue weighted by Gasteiger charge is 2.34. The van der Waals surface area contributed by atoms with Crippen LogP contribution in [0.15, 0.2) is 48.5 Å². The van der Waals surface area contributed by atoms with Crippen LogP contribution in [0.3, 0.4) is 0 Å². The van der Waals surface area contributed by atoms with Crippen LogP contribution in [0.4, 0.5) is 11.4 Å². The van der Waals surface area contributed by atoms with E-state index in [1.807, 2.05) is 30.3 Å². The third-order valence-corrected chi connectivity index (χ3v) is 4.32. The van der Waals surface area contributed by atoms with Gasteiger partial charge in [-0.3, -0.25) is 9.59 Å². The van der Waals surface area contributed by atoms with Crippen LogP contribution in [0.2, 0.25) is 0 Å². The molecule has 130 valence electrons. The lowest BCUT2D eigenvalue weighted by Crippen LogP contribution is -2.28. The number of methoxy groups -OCH3 is 1. The van der Waals surface area contributed by atoms with Gasteiger partial charge in [0, 0.05) is 25.6 Å². The zero-order valence-corrected chi connectivity index (χ0v) is 14.1. The minimum atomic E-state index is -0.387. The van der Waals surface area contributed by atoms with Crippen molar-refractivity contribution in [3.8, 4) is 5.75 Å². The highest BCUT2D eigenvalue weighted by atomic mass is 16.5. The fraction of sp³-hybridized carbons (Fsp3) is 0.263. The van der Waals surface area contributed by atoms with Crippen molar-refractivity contribution < 1.29 is 14.3 Å². The molecule has 0 bridgehead atoms. The molecule has 1 aliphatic heterocycles. The first-order chi connectivity index (χ1) is 12.1. The summed E-state index contributed by atoms with van der Waals surface area (Å²) in [5, 5.41) is 2.81. The van der Waals surface area contributed by atoms with Crippen molar-refractivity contribution in [2.45, 2.75) is 13.0 Å². The summed E-state index contributed by atoms with van der Waals surface area (Å²) in [4.78, 5) is 26.5. The smallest absolute Gasteiger partial charge is 0.229 e. The highest BCUT2D eigenvalue weighted by molar-refractivity contribution is 5.99. The highest BCUT2D eigenvalue weighted by Crippen LogP contribution is 2.27. The van der Waals surface area contributed by atoms with Crippen LogP contribution in [0.25, 0.3) is 0 Å². The van der Waals surface area contributed by atoms with E-state index in [1.165, 1.54) is 0 Å². The van der Waals surface area contributed by atoms with Crippen molar-refractivity contribution in [1.29, 1.82) is 0 Å². The van der Waals surface area contributed by atoms with Gasteiger partial charge in [-0.25, -0.2) is 0 Å². The van der Waals surface area contributed by atoms with E-state index in [2.05, 4.69) is 5.32 Å². The molecule has 1 heterocycles. The number of nitrogens with zero attached hydrogens (tertiary/aromatic N) is 1. The third-order valence-electron chi connectivity index (χ3n) is 4.32. The van der Waals surface area contributed by atoms with Crippen LogP contribution < -0.4 is 15.8 Å². The molecular formula is C19H21N3O3. The predicted octanol–water partition coefficient (Wildman–Crippen LogP) is 2.26. The Morgan fingerprint density at radius 3 is 2.76 bits per heavy atom. The number of hydrogen-bond donors (Lipinski definition) is 2. The molecule has 2 aromatic carbocycles. The van der Waals surface area contributed by atoms with E-state index in [0.29, 0.717) is 30.2 Å². The lowest BCUT2D eigenvalue weighted by Gasteiger charge is -2.17. The van der Waals surface area contributed by atoms with Gasteiger partial charge in [-0.15, -0.1) is 0 Å². The third kappa shape index (κ3) is 3.91. The Hall–Kier alpha value is -3.02. The number of nitrogens with two attached hydrogens (primary N) is 1. The van der Waals surface area contributed by atoms with Gasteiger partial charge in [0.15, 0.2) is 0 Å². The molecule has 0 aliphatic carbocycles. The van der Waals surface area contributed by atoms with Crippen LogP contribution in [0.1, 0.15) is 12.0 Å². The molecule has 25 heavy (non-hydrogen) atoms. The number of nitrogens with one attached hydrogen (secondary N) is 1. The number of anilines is 2. The molecule has 6 heteroatoms. The van der Waals surface area contributed by atoms with Crippen LogP contribution in [0.5, 0.6) is 5.75 Å². The maximum atomic E-state index is 12.5. The van der Waals surface area contributed by atoms with Gasteiger partial charge >= 0.3 is 0 Å². The normalized spacial score (nSPS) is 16.8. The number of carbonyl (C=O) groups is 2. The molecule has 1 aliphatic rings. The number of rotatable bonds is 5. The van der Waals surface area contributed by atoms with Gasteiger partial charge in [-0.2, -0.15) is 0 Å². The van der Waals surface area contributed by atoms with Crippen LogP contribution in [-0.2, 0) is 16.1 Å². The Morgan fingerprint density at radius 1 is 1.28 bits per heavy atom. The van der Waals surface area contributed by atoms with E-state index in [4.69, 9.17) is 10.5 Å². The van der Waals surface area contributed by atoms with Crippen LogP contribution in [-0.4, -0.2) is 30.4 Å². The zero-order chi connectivity index (χ0) is 17.8.